The van der Waals surface area contributed by atoms with Gasteiger partial charge in [0.15, 0.2) is 0 Å². The van der Waals surface area contributed by atoms with Crippen molar-refractivity contribution >= 4 is 17.9 Å². The predicted molar refractivity (Wildman–Crippen MR) is 105 cm³/mol. The van der Waals surface area contributed by atoms with Crippen LogP contribution in [0.5, 0.6) is 0 Å². The van der Waals surface area contributed by atoms with E-state index in [0.29, 0.717) is 39.2 Å². The number of hydrogen-bond acceptors (Lipinski definition) is 5. The number of amides is 3. The van der Waals surface area contributed by atoms with Crippen molar-refractivity contribution in [2.45, 2.75) is 59.1 Å². The van der Waals surface area contributed by atoms with Gasteiger partial charge in [-0.1, -0.05) is 13.8 Å². The fourth-order valence-electron chi connectivity index (χ4n) is 3.76. The lowest BCUT2D eigenvalue weighted by Gasteiger charge is -2.44. The van der Waals surface area contributed by atoms with Crippen LogP contribution in [0.15, 0.2) is 0 Å². The summed E-state index contributed by atoms with van der Waals surface area (Å²) >= 11 is 0. The molecule has 1 N–H and O–H groups in total. The third-order valence-corrected chi connectivity index (χ3v) is 5.35. The molecular weight excluding hydrogens is 362 g/mol. The van der Waals surface area contributed by atoms with Crippen molar-refractivity contribution < 1.29 is 23.9 Å². The lowest BCUT2D eigenvalue weighted by atomic mass is 9.79. The van der Waals surface area contributed by atoms with E-state index in [2.05, 4.69) is 5.32 Å². The van der Waals surface area contributed by atoms with Gasteiger partial charge in [0.1, 0.15) is 5.60 Å². The molecule has 0 spiro atoms. The average Bonchev–Trinajstić information content (AvgIpc) is 2.93. The molecule has 0 unspecified atom stereocenters. The Morgan fingerprint density at radius 1 is 1.29 bits per heavy atom. The molecule has 0 aromatic rings. The number of hydrogen-bond donors (Lipinski definition) is 1. The van der Waals surface area contributed by atoms with E-state index in [1.807, 2.05) is 34.6 Å². The highest BCUT2D eigenvalue weighted by molar-refractivity contribution is 5.89. The van der Waals surface area contributed by atoms with Crippen molar-refractivity contribution in [3.05, 3.63) is 0 Å². The molecule has 0 radical (unpaired) electrons. The molecule has 8 heteroatoms. The molecule has 0 aromatic heterocycles. The summed E-state index contributed by atoms with van der Waals surface area (Å²) in [6.07, 6.45) is 0.583. The Morgan fingerprint density at radius 3 is 2.54 bits per heavy atom. The minimum atomic E-state index is -0.532. The van der Waals surface area contributed by atoms with Crippen molar-refractivity contribution in [2.24, 2.45) is 11.3 Å². The Balaban J connectivity index is 1.90. The van der Waals surface area contributed by atoms with Crippen molar-refractivity contribution in [1.82, 2.24) is 15.1 Å². The van der Waals surface area contributed by atoms with Crippen molar-refractivity contribution in [3.8, 4) is 0 Å². The first kappa shape index (κ1) is 22.5. The summed E-state index contributed by atoms with van der Waals surface area (Å²) in [4.78, 5) is 40.6. The number of ether oxygens (including phenoxy) is 2. The molecule has 3 amide bonds. The Bertz CT molecular complexity index is 599. The number of rotatable bonds is 5. The molecule has 160 valence electrons. The highest BCUT2D eigenvalue weighted by atomic mass is 16.6. The van der Waals surface area contributed by atoms with Crippen LogP contribution in [0, 0.1) is 11.3 Å². The maximum absolute atomic E-state index is 12.7. The first-order valence-corrected chi connectivity index (χ1v) is 9.98. The molecular formula is C20H35N3O5. The Labute approximate surface area is 167 Å². The zero-order valence-electron chi connectivity index (χ0n) is 18.0. The van der Waals surface area contributed by atoms with E-state index in [1.54, 1.807) is 16.9 Å². The minimum Gasteiger partial charge on any atom is -0.444 e. The number of carbonyl (C=O) groups is 3. The predicted octanol–water partition coefficient (Wildman–Crippen LogP) is 1.63. The number of carbonyl (C=O) groups excluding carboxylic acids is 3. The normalized spacial score (nSPS) is 25.0. The lowest BCUT2D eigenvalue weighted by molar-refractivity contribution is -0.130. The van der Waals surface area contributed by atoms with Crippen LogP contribution in [0.25, 0.3) is 0 Å². The van der Waals surface area contributed by atoms with Crippen LogP contribution in [0.3, 0.4) is 0 Å². The summed E-state index contributed by atoms with van der Waals surface area (Å²) in [5.74, 6) is -0.419. The standard InChI is InChI=1S/C20H35N3O5/c1-19(2,3)28-18(26)23-8-7-15(20(4,5)13-23)21-17(25)14-11-16(24)22(12-14)9-10-27-6/h14-15H,7-13H2,1-6H3,(H,21,25)/t14-,15-/m1/s1. The fourth-order valence-corrected chi connectivity index (χ4v) is 3.76. The van der Waals surface area contributed by atoms with Gasteiger partial charge in [-0.05, 0) is 27.2 Å². The summed E-state index contributed by atoms with van der Waals surface area (Å²) in [5, 5.41) is 3.13. The monoisotopic (exact) mass is 397 g/mol. The van der Waals surface area contributed by atoms with E-state index < -0.39 is 5.60 Å². The first-order chi connectivity index (χ1) is 12.9. The highest BCUT2D eigenvalue weighted by Gasteiger charge is 2.41. The maximum Gasteiger partial charge on any atom is 0.410 e. The Morgan fingerprint density at radius 2 is 1.96 bits per heavy atom. The zero-order valence-corrected chi connectivity index (χ0v) is 18.0. The molecule has 2 saturated heterocycles. The van der Waals surface area contributed by atoms with Gasteiger partial charge >= 0.3 is 6.09 Å². The van der Waals surface area contributed by atoms with Crippen LogP contribution in [0.1, 0.15) is 47.5 Å². The summed E-state index contributed by atoms with van der Waals surface area (Å²) in [7, 11) is 1.59. The van der Waals surface area contributed by atoms with Gasteiger partial charge in [0.25, 0.3) is 0 Å². The molecule has 2 rings (SSSR count). The highest BCUT2D eigenvalue weighted by Crippen LogP contribution is 2.31. The van der Waals surface area contributed by atoms with E-state index in [0.717, 1.165) is 0 Å². The third-order valence-electron chi connectivity index (χ3n) is 5.35. The second kappa shape index (κ2) is 8.68. The van der Waals surface area contributed by atoms with Gasteiger partial charge in [-0.2, -0.15) is 0 Å². The summed E-state index contributed by atoms with van der Waals surface area (Å²) < 4.78 is 10.5. The summed E-state index contributed by atoms with van der Waals surface area (Å²) in [5.41, 5.74) is -0.820. The number of likely N-dealkylation sites (tertiary alicyclic amines) is 2. The molecule has 2 aliphatic rings. The van der Waals surface area contributed by atoms with Crippen LogP contribution in [0.2, 0.25) is 0 Å². The topological polar surface area (TPSA) is 88.2 Å². The molecule has 0 aromatic carbocycles. The maximum atomic E-state index is 12.7. The van der Waals surface area contributed by atoms with E-state index in [4.69, 9.17) is 9.47 Å². The van der Waals surface area contributed by atoms with Crippen LogP contribution in [-0.2, 0) is 19.1 Å². The fraction of sp³-hybridized carbons (Fsp3) is 0.850. The van der Waals surface area contributed by atoms with Gasteiger partial charge in [0.05, 0.1) is 12.5 Å². The smallest absolute Gasteiger partial charge is 0.410 e. The molecule has 2 aliphatic heterocycles. The van der Waals surface area contributed by atoms with Crippen LogP contribution < -0.4 is 5.32 Å². The van der Waals surface area contributed by atoms with Gasteiger partial charge < -0.3 is 24.6 Å². The molecule has 8 nitrogen and oxygen atoms in total. The minimum absolute atomic E-state index is 0.00351. The van der Waals surface area contributed by atoms with Crippen LogP contribution in [0.4, 0.5) is 4.79 Å². The number of nitrogens with one attached hydrogen (secondary N) is 1. The van der Waals surface area contributed by atoms with Gasteiger partial charge in [0, 0.05) is 51.2 Å². The van der Waals surface area contributed by atoms with Gasteiger partial charge in [-0.15, -0.1) is 0 Å². The van der Waals surface area contributed by atoms with Crippen molar-refractivity contribution in [1.29, 1.82) is 0 Å². The third kappa shape index (κ3) is 5.83. The van der Waals surface area contributed by atoms with Crippen LogP contribution in [-0.4, -0.2) is 79.2 Å². The van der Waals surface area contributed by atoms with Gasteiger partial charge in [0.2, 0.25) is 11.8 Å². The van der Waals surface area contributed by atoms with Crippen molar-refractivity contribution in [3.63, 3.8) is 0 Å². The Hall–Kier alpha value is -1.83. The quantitative estimate of drug-likeness (QED) is 0.762. The molecule has 0 bridgehead atoms. The average molecular weight is 398 g/mol. The number of methoxy groups -OCH3 is 1. The Kier molecular flexibility index (Phi) is 6.96. The number of nitrogens with zero attached hydrogens (tertiary/aromatic N) is 2. The first-order valence-electron chi connectivity index (χ1n) is 9.98. The number of piperidine rings is 1. The van der Waals surface area contributed by atoms with E-state index in [1.165, 1.54) is 0 Å². The molecule has 0 saturated carbocycles. The van der Waals surface area contributed by atoms with E-state index in [-0.39, 0.29) is 41.7 Å². The molecule has 2 heterocycles. The molecule has 2 atom stereocenters. The van der Waals surface area contributed by atoms with Crippen LogP contribution >= 0.6 is 0 Å². The zero-order chi connectivity index (χ0) is 21.1. The molecule has 28 heavy (non-hydrogen) atoms. The second-order valence-electron chi connectivity index (χ2n) is 9.47. The van der Waals surface area contributed by atoms with Gasteiger partial charge in [-0.25, -0.2) is 4.79 Å². The van der Waals surface area contributed by atoms with E-state index in [9.17, 15) is 14.4 Å². The van der Waals surface area contributed by atoms with E-state index >= 15 is 0 Å². The largest absolute Gasteiger partial charge is 0.444 e. The van der Waals surface area contributed by atoms with Gasteiger partial charge in [-0.3, -0.25) is 9.59 Å². The van der Waals surface area contributed by atoms with Crippen molar-refractivity contribution in [2.75, 3.05) is 39.9 Å². The summed E-state index contributed by atoms with van der Waals surface area (Å²) in [6.45, 7) is 12.1. The second-order valence-corrected chi connectivity index (χ2v) is 9.47. The summed E-state index contributed by atoms with van der Waals surface area (Å²) in [6, 6.07) is -0.0539. The molecule has 0 aliphatic carbocycles. The SMILES string of the molecule is COCCN1C[C@H](C(=O)N[C@@H]2CCN(C(=O)OC(C)(C)C)CC2(C)C)CC1=O. The lowest BCUT2D eigenvalue weighted by Crippen LogP contribution is -2.58. The molecule has 2 fully saturated rings.